The second kappa shape index (κ2) is 6.99. The fourth-order valence-electron chi connectivity index (χ4n) is 3.01. The highest BCUT2D eigenvalue weighted by atomic mass is 35.5. The van der Waals surface area contributed by atoms with E-state index in [0.29, 0.717) is 21.9 Å². The average molecular weight is 358 g/mol. The molecule has 0 amide bonds. The Morgan fingerprint density at radius 3 is 2.48 bits per heavy atom. The van der Waals surface area contributed by atoms with Crippen molar-refractivity contribution in [3.63, 3.8) is 0 Å². The second-order valence-electron chi connectivity index (χ2n) is 5.70. The van der Waals surface area contributed by atoms with Gasteiger partial charge in [-0.25, -0.2) is 0 Å². The summed E-state index contributed by atoms with van der Waals surface area (Å²) in [7, 11) is 1.55. The van der Waals surface area contributed by atoms with Crippen molar-refractivity contribution in [2.45, 2.75) is 5.92 Å². The number of hydrogen-bond donors (Lipinski definition) is 1. The van der Waals surface area contributed by atoms with Gasteiger partial charge in [-0.2, -0.15) is 0 Å². The molecule has 1 atom stereocenters. The summed E-state index contributed by atoms with van der Waals surface area (Å²) in [4.78, 5) is 10.9. The van der Waals surface area contributed by atoms with Crippen LogP contribution < -0.4 is 4.74 Å². The summed E-state index contributed by atoms with van der Waals surface area (Å²) in [6.07, 6.45) is 0. The maximum Gasteiger partial charge on any atom is 0.214 e. The highest BCUT2D eigenvalue weighted by Crippen LogP contribution is 2.38. The van der Waals surface area contributed by atoms with Gasteiger partial charge in [-0.3, -0.25) is 10.1 Å². The molecule has 3 aromatic carbocycles. The predicted octanol–water partition coefficient (Wildman–Crippen LogP) is 4.62. The largest absolute Gasteiger partial charge is 0.508 e. The lowest BCUT2D eigenvalue weighted by Gasteiger charge is -2.18. The van der Waals surface area contributed by atoms with Gasteiger partial charge < -0.3 is 9.84 Å². The number of methoxy groups -OCH3 is 1. The van der Waals surface area contributed by atoms with Crippen LogP contribution in [-0.2, 0) is 0 Å². The summed E-state index contributed by atoms with van der Waals surface area (Å²) in [5.74, 6) is 0.0286. The average Bonchev–Trinajstić information content (AvgIpc) is 2.60. The van der Waals surface area contributed by atoms with Gasteiger partial charge in [-0.15, -0.1) is 0 Å². The maximum atomic E-state index is 11.3. The van der Waals surface area contributed by atoms with Gasteiger partial charge in [0.15, 0.2) is 0 Å². The topological polar surface area (TPSA) is 72.6 Å². The minimum Gasteiger partial charge on any atom is -0.508 e. The molecular weight excluding hydrogens is 342 g/mol. The molecule has 0 aromatic heterocycles. The standard InChI is InChI=1S/C19H16ClNO4/c1-25-15-8-4-12-5-9-18(22)19(16(12)10-15)17(11-21(23)24)13-2-6-14(20)7-3-13/h2-10,17,22H,11H2,1H3/t17-/m0/s1. The Balaban J connectivity index is 2.25. The van der Waals surface area contributed by atoms with Crippen LogP contribution in [0.5, 0.6) is 11.5 Å². The molecule has 0 aliphatic carbocycles. The van der Waals surface area contributed by atoms with Gasteiger partial charge in [0.05, 0.1) is 13.0 Å². The van der Waals surface area contributed by atoms with Crippen LogP contribution in [0.25, 0.3) is 10.8 Å². The van der Waals surface area contributed by atoms with E-state index in [1.165, 1.54) is 0 Å². The van der Waals surface area contributed by atoms with Crippen molar-refractivity contribution in [1.29, 1.82) is 0 Å². The van der Waals surface area contributed by atoms with E-state index in [2.05, 4.69) is 0 Å². The lowest BCUT2D eigenvalue weighted by Crippen LogP contribution is -2.14. The molecule has 1 N–H and O–H groups in total. The molecule has 0 aliphatic rings. The molecule has 25 heavy (non-hydrogen) atoms. The lowest BCUT2D eigenvalue weighted by molar-refractivity contribution is -0.481. The SMILES string of the molecule is COc1ccc2ccc(O)c([C@@H](C[N+](=O)[O-])c3ccc(Cl)cc3)c2c1. The maximum absolute atomic E-state index is 11.3. The number of nitrogens with zero attached hydrogens (tertiary/aromatic N) is 1. The summed E-state index contributed by atoms with van der Waals surface area (Å²) in [5, 5.41) is 23.9. The Hall–Kier alpha value is -2.79. The Kier molecular flexibility index (Phi) is 4.76. The number of benzene rings is 3. The molecule has 0 spiro atoms. The minimum atomic E-state index is -0.608. The third-order valence-electron chi connectivity index (χ3n) is 4.20. The Morgan fingerprint density at radius 2 is 1.84 bits per heavy atom. The fraction of sp³-hybridized carbons (Fsp3) is 0.158. The molecular formula is C19H16ClNO4. The van der Waals surface area contributed by atoms with Crippen molar-refractivity contribution in [1.82, 2.24) is 0 Å². The van der Waals surface area contributed by atoms with E-state index in [1.807, 2.05) is 12.1 Å². The Morgan fingerprint density at radius 1 is 1.16 bits per heavy atom. The molecule has 0 bridgehead atoms. The normalized spacial score (nSPS) is 12.1. The van der Waals surface area contributed by atoms with Crippen LogP contribution in [0.15, 0.2) is 54.6 Å². The molecule has 0 fully saturated rings. The fourth-order valence-corrected chi connectivity index (χ4v) is 3.14. The zero-order chi connectivity index (χ0) is 18.0. The number of ether oxygens (including phenoxy) is 1. The molecule has 5 nitrogen and oxygen atoms in total. The first-order valence-electron chi connectivity index (χ1n) is 7.66. The predicted molar refractivity (Wildman–Crippen MR) is 97.3 cm³/mol. The third kappa shape index (κ3) is 3.51. The van der Waals surface area contributed by atoms with Crippen LogP contribution in [0.4, 0.5) is 0 Å². The number of halogens is 1. The van der Waals surface area contributed by atoms with Gasteiger partial charge >= 0.3 is 0 Å². The number of phenols is 1. The molecule has 0 saturated heterocycles. The van der Waals surface area contributed by atoms with E-state index in [0.717, 1.165) is 10.8 Å². The Bertz CT molecular complexity index is 925. The summed E-state index contributed by atoms with van der Waals surface area (Å²) < 4.78 is 5.27. The molecule has 0 aliphatic heterocycles. The second-order valence-corrected chi connectivity index (χ2v) is 6.14. The zero-order valence-electron chi connectivity index (χ0n) is 13.5. The first-order chi connectivity index (χ1) is 12.0. The highest BCUT2D eigenvalue weighted by molar-refractivity contribution is 6.30. The highest BCUT2D eigenvalue weighted by Gasteiger charge is 2.25. The number of rotatable bonds is 5. The Labute approximate surface area is 149 Å². The van der Waals surface area contributed by atoms with E-state index in [-0.39, 0.29) is 17.2 Å². The first-order valence-corrected chi connectivity index (χ1v) is 8.04. The summed E-state index contributed by atoms with van der Waals surface area (Å²) >= 11 is 5.93. The minimum absolute atomic E-state index is 0.0163. The van der Waals surface area contributed by atoms with E-state index in [4.69, 9.17) is 16.3 Å². The van der Waals surface area contributed by atoms with E-state index < -0.39 is 5.92 Å². The molecule has 128 valence electrons. The van der Waals surface area contributed by atoms with Crippen LogP contribution in [0.1, 0.15) is 17.0 Å². The molecule has 3 aromatic rings. The van der Waals surface area contributed by atoms with E-state index in [9.17, 15) is 15.2 Å². The lowest BCUT2D eigenvalue weighted by atomic mass is 9.87. The number of nitro groups is 1. The van der Waals surface area contributed by atoms with Gasteiger partial charge in [-0.05, 0) is 46.7 Å². The molecule has 6 heteroatoms. The summed E-state index contributed by atoms with van der Waals surface area (Å²) in [6.45, 7) is -0.342. The summed E-state index contributed by atoms with van der Waals surface area (Å²) in [6, 6.07) is 15.7. The monoisotopic (exact) mass is 357 g/mol. The van der Waals surface area contributed by atoms with Gasteiger partial charge in [-0.1, -0.05) is 35.9 Å². The van der Waals surface area contributed by atoms with Gasteiger partial charge in [0.1, 0.15) is 11.5 Å². The molecule has 0 heterocycles. The quantitative estimate of drug-likeness (QED) is 0.534. The van der Waals surface area contributed by atoms with Gasteiger partial charge in [0.25, 0.3) is 0 Å². The van der Waals surface area contributed by atoms with Crippen LogP contribution in [-0.4, -0.2) is 23.7 Å². The van der Waals surface area contributed by atoms with Crippen molar-refractivity contribution < 1.29 is 14.8 Å². The number of aromatic hydroxyl groups is 1. The number of fused-ring (bicyclic) bond motifs is 1. The third-order valence-corrected chi connectivity index (χ3v) is 4.45. The van der Waals surface area contributed by atoms with Crippen LogP contribution >= 0.6 is 11.6 Å². The zero-order valence-corrected chi connectivity index (χ0v) is 14.2. The van der Waals surface area contributed by atoms with E-state index in [1.54, 1.807) is 49.6 Å². The number of hydrogen-bond acceptors (Lipinski definition) is 4. The number of phenolic OH excluding ortho intramolecular Hbond substituents is 1. The van der Waals surface area contributed by atoms with E-state index >= 15 is 0 Å². The van der Waals surface area contributed by atoms with Crippen molar-refractivity contribution in [3.8, 4) is 11.5 Å². The summed E-state index contributed by atoms with van der Waals surface area (Å²) in [5.41, 5.74) is 1.22. The van der Waals surface area contributed by atoms with Crippen molar-refractivity contribution in [2.24, 2.45) is 0 Å². The van der Waals surface area contributed by atoms with Crippen LogP contribution in [0.3, 0.4) is 0 Å². The van der Waals surface area contributed by atoms with Crippen LogP contribution in [0.2, 0.25) is 5.02 Å². The first kappa shape index (κ1) is 17.0. The van der Waals surface area contributed by atoms with Crippen molar-refractivity contribution in [3.05, 3.63) is 80.9 Å². The van der Waals surface area contributed by atoms with Crippen LogP contribution in [0, 0.1) is 10.1 Å². The van der Waals surface area contributed by atoms with Gasteiger partial charge in [0, 0.05) is 15.5 Å². The molecule has 0 radical (unpaired) electrons. The smallest absolute Gasteiger partial charge is 0.214 e. The van der Waals surface area contributed by atoms with Crippen molar-refractivity contribution >= 4 is 22.4 Å². The molecule has 0 saturated carbocycles. The molecule has 0 unspecified atom stereocenters. The van der Waals surface area contributed by atoms with Gasteiger partial charge in [0.2, 0.25) is 6.54 Å². The molecule has 3 rings (SSSR count). The van der Waals surface area contributed by atoms with Crippen molar-refractivity contribution in [2.75, 3.05) is 13.7 Å².